The van der Waals surface area contributed by atoms with Gasteiger partial charge < -0.3 is 14.8 Å². The number of aryl methyl sites for hydroxylation is 2. The lowest BCUT2D eigenvalue weighted by molar-refractivity contribution is -0.123. The molecule has 380 valence electrons. The van der Waals surface area contributed by atoms with Crippen LogP contribution in [-0.2, 0) is 21.0 Å². The quantitative estimate of drug-likeness (QED) is 0.0868. The van der Waals surface area contributed by atoms with Gasteiger partial charge in [-0.05, 0) is 144 Å². The van der Waals surface area contributed by atoms with E-state index in [-0.39, 0.29) is 45.3 Å². The molecule has 5 aromatic rings. The molecule has 0 bridgehead atoms. The number of nitrogens with one attached hydrogen (secondary N) is 1. The van der Waals surface area contributed by atoms with E-state index in [4.69, 9.17) is 21.1 Å². The smallest absolute Gasteiger partial charge is 0.293 e. The molecule has 3 aliphatic heterocycles. The Balaban J connectivity index is 0.000000179. The summed E-state index contributed by atoms with van der Waals surface area (Å²) in [5, 5.41) is 2.36. The fourth-order valence-corrected chi connectivity index (χ4v) is 9.57. The number of rotatable bonds is 17. The van der Waals surface area contributed by atoms with Crippen molar-refractivity contribution in [1.29, 1.82) is 0 Å². The zero-order valence-electron chi connectivity index (χ0n) is 41.3. The van der Waals surface area contributed by atoms with Crippen molar-refractivity contribution in [3.63, 3.8) is 0 Å². The molecule has 15 nitrogen and oxygen atoms in total. The molecule has 0 aliphatic carbocycles. The predicted octanol–water partition coefficient (Wildman–Crippen LogP) is 12.2. The standard InChI is InChI=1S/C20H19NO3S.C17H16ClN5O2S.C17H21NO3S/c1-2-12-21-19(22)18(25-20(21)23)13-15-8-10-17(11-9-15)24-14-16-6-4-3-5-7-16;1-10-3-5-12(6-4-10)9-13-14(24)23(17(25)26-13)8-7-19-16-21-11(2)20-15(18)22-16;1-4-9-18-16(19)15(22-17(18)20)10-13-5-7-14(8-6-13)21-11-12(2)3/h3-11,13H,2,12,14H2,1H3;3-6,9H,7-8H2,1-2H3,(H,19,20,21,22);5-8,10,12H,4,9,11H2,1-3H3/b18-13-;13-9-;15-10-. The molecular weight excluding hydrogens is 1010 g/mol. The van der Waals surface area contributed by atoms with E-state index in [2.05, 4.69) is 34.1 Å². The van der Waals surface area contributed by atoms with E-state index in [9.17, 15) is 28.8 Å². The third kappa shape index (κ3) is 16.7. The third-order valence-electron chi connectivity index (χ3n) is 10.4. The van der Waals surface area contributed by atoms with Gasteiger partial charge in [0.2, 0.25) is 11.2 Å². The van der Waals surface area contributed by atoms with Gasteiger partial charge >= 0.3 is 0 Å². The van der Waals surface area contributed by atoms with Gasteiger partial charge in [0, 0.05) is 26.2 Å². The summed E-state index contributed by atoms with van der Waals surface area (Å²) in [7, 11) is 0. The second-order valence-corrected chi connectivity index (χ2v) is 20.2. The van der Waals surface area contributed by atoms with Crippen LogP contribution in [0.4, 0.5) is 20.3 Å². The molecule has 0 radical (unpaired) electrons. The van der Waals surface area contributed by atoms with Crippen molar-refractivity contribution < 1.29 is 38.2 Å². The number of halogens is 1. The summed E-state index contributed by atoms with van der Waals surface area (Å²) in [6.07, 6.45) is 6.77. The highest BCUT2D eigenvalue weighted by Crippen LogP contribution is 2.35. The van der Waals surface area contributed by atoms with Gasteiger partial charge in [0.25, 0.3) is 33.4 Å². The van der Waals surface area contributed by atoms with E-state index in [1.807, 2.05) is 124 Å². The van der Waals surface area contributed by atoms with Gasteiger partial charge in [-0.1, -0.05) is 112 Å². The van der Waals surface area contributed by atoms with Crippen molar-refractivity contribution in [2.75, 3.05) is 38.1 Å². The second-order valence-electron chi connectivity index (χ2n) is 16.9. The molecule has 0 atom stereocenters. The average molecular weight is 1060 g/mol. The number of nitrogens with zero attached hydrogens (tertiary/aromatic N) is 6. The number of ether oxygens (including phenoxy) is 2. The molecule has 0 spiro atoms. The van der Waals surface area contributed by atoms with E-state index in [1.165, 1.54) is 14.7 Å². The molecule has 4 heterocycles. The summed E-state index contributed by atoms with van der Waals surface area (Å²) in [6.45, 7) is 14.4. The Morgan fingerprint density at radius 2 is 1.01 bits per heavy atom. The highest BCUT2D eigenvalue weighted by atomic mass is 35.5. The van der Waals surface area contributed by atoms with Crippen LogP contribution in [0.3, 0.4) is 0 Å². The lowest BCUT2D eigenvalue weighted by atomic mass is 10.1. The Kier molecular flexibility index (Phi) is 20.8. The maximum absolute atomic E-state index is 12.5. The number of aromatic nitrogens is 3. The number of carbonyl (C=O) groups excluding carboxylic acids is 6. The zero-order chi connectivity index (χ0) is 52.4. The monoisotopic (exact) mass is 1060 g/mol. The first-order chi connectivity index (χ1) is 35.1. The minimum absolute atomic E-state index is 0.0900. The molecule has 73 heavy (non-hydrogen) atoms. The summed E-state index contributed by atoms with van der Waals surface area (Å²) in [5.41, 5.74) is 4.88. The first-order valence-corrected chi connectivity index (χ1v) is 26.4. The van der Waals surface area contributed by atoms with Crippen LogP contribution in [0, 0.1) is 19.8 Å². The number of hydrogen-bond donors (Lipinski definition) is 1. The minimum Gasteiger partial charge on any atom is -0.493 e. The number of amides is 6. The maximum Gasteiger partial charge on any atom is 0.293 e. The largest absolute Gasteiger partial charge is 0.493 e. The van der Waals surface area contributed by atoms with Gasteiger partial charge in [-0.25, -0.2) is 4.98 Å². The summed E-state index contributed by atoms with van der Waals surface area (Å²) in [6, 6.07) is 32.8. The van der Waals surface area contributed by atoms with Crippen LogP contribution in [0.5, 0.6) is 11.5 Å². The summed E-state index contributed by atoms with van der Waals surface area (Å²) in [4.78, 5) is 89.7. The van der Waals surface area contributed by atoms with Crippen molar-refractivity contribution in [3.8, 4) is 11.5 Å². The summed E-state index contributed by atoms with van der Waals surface area (Å²) in [5.74, 6) is 2.14. The fraction of sp³-hybridized carbons (Fsp3) is 0.278. The summed E-state index contributed by atoms with van der Waals surface area (Å²) < 4.78 is 11.4. The van der Waals surface area contributed by atoms with Gasteiger partial charge in [0.1, 0.15) is 23.9 Å². The highest BCUT2D eigenvalue weighted by molar-refractivity contribution is 8.19. The number of carbonyl (C=O) groups is 6. The first-order valence-electron chi connectivity index (χ1n) is 23.5. The minimum atomic E-state index is -0.299. The van der Waals surface area contributed by atoms with E-state index in [0.29, 0.717) is 65.3 Å². The van der Waals surface area contributed by atoms with E-state index < -0.39 is 0 Å². The van der Waals surface area contributed by atoms with Crippen LogP contribution in [0.1, 0.15) is 74.2 Å². The van der Waals surface area contributed by atoms with E-state index in [0.717, 1.165) is 87.4 Å². The Morgan fingerprint density at radius 1 is 0.575 bits per heavy atom. The lowest BCUT2D eigenvalue weighted by Crippen LogP contribution is -2.33. The van der Waals surface area contributed by atoms with Crippen molar-refractivity contribution in [3.05, 3.63) is 157 Å². The number of thioether (sulfide) groups is 3. The molecule has 1 N–H and O–H groups in total. The van der Waals surface area contributed by atoms with E-state index >= 15 is 0 Å². The Hall–Kier alpha value is -6.73. The highest BCUT2D eigenvalue weighted by Gasteiger charge is 2.36. The lowest BCUT2D eigenvalue weighted by Gasteiger charge is -2.13. The molecule has 0 unspecified atom stereocenters. The zero-order valence-corrected chi connectivity index (χ0v) is 44.5. The van der Waals surface area contributed by atoms with Gasteiger partial charge in [0.05, 0.1) is 21.3 Å². The normalized spacial score (nSPS) is 16.2. The SMILES string of the molecule is CCCN1C(=O)S/C(=C\c2ccc(OCC(C)C)cc2)C1=O.CCCN1C(=O)S/C(=C\c2ccc(OCc3ccccc3)cc2)C1=O.Cc1ccc(/C=C2\SC(=O)N(CCNc3nc(C)nc(Cl)n3)C2=O)cc1. The molecule has 3 saturated heterocycles. The van der Waals surface area contributed by atoms with E-state index in [1.54, 1.807) is 25.2 Å². The topological polar surface area (TPSA) is 181 Å². The van der Waals surface area contributed by atoms with Crippen molar-refractivity contribution in [2.45, 2.75) is 61.0 Å². The Bertz CT molecular complexity index is 2840. The first kappa shape index (κ1) is 55.6. The number of anilines is 1. The van der Waals surface area contributed by atoms with Crippen LogP contribution in [0.2, 0.25) is 5.28 Å². The number of benzene rings is 4. The molecule has 3 aliphatic rings. The van der Waals surface area contributed by atoms with Gasteiger partial charge in [-0.3, -0.25) is 43.5 Å². The van der Waals surface area contributed by atoms with Crippen molar-refractivity contribution in [1.82, 2.24) is 29.7 Å². The molecule has 3 fully saturated rings. The number of hydrogen-bond acceptors (Lipinski definition) is 15. The number of imide groups is 3. The predicted molar refractivity (Wildman–Crippen MR) is 292 cm³/mol. The van der Waals surface area contributed by atoms with Crippen LogP contribution in [0.25, 0.3) is 18.2 Å². The van der Waals surface area contributed by atoms with Crippen LogP contribution >= 0.6 is 46.9 Å². The van der Waals surface area contributed by atoms with Crippen LogP contribution in [0.15, 0.2) is 118 Å². The van der Waals surface area contributed by atoms with Gasteiger partial charge in [0.15, 0.2) is 0 Å². The molecular formula is C54H56ClN7O8S3. The van der Waals surface area contributed by atoms with Gasteiger partial charge in [-0.2, -0.15) is 9.97 Å². The molecule has 6 amide bonds. The van der Waals surface area contributed by atoms with Gasteiger partial charge in [-0.15, -0.1) is 0 Å². The Morgan fingerprint density at radius 3 is 1.45 bits per heavy atom. The molecule has 4 aromatic carbocycles. The Labute approximate surface area is 443 Å². The molecule has 19 heteroatoms. The molecule has 8 rings (SSSR count). The average Bonchev–Trinajstić information content (AvgIpc) is 3.90. The van der Waals surface area contributed by atoms with Crippen LogP contribution in [-0.4, -0.2) is 95.9 Å². The second kappa shape index (κ2) is 27.4. The third-order valence-corrected chi connectivity index (χ3v) is 13.3. The van der Waals surface area contributed by atoms with Crippen molar-refractivity contribution >= 4 is 105 Å². The maximum atomic E-state index is 12.5. The fourth-order valence-electron chi connectivity index (χ4n) is 6.77. The molecule has 1 aromatic heterocycles. The molecule has 0 saturated carbocycles. The van der Waals surface area contributed by atoms with Crippen molar-refractivity contribution in [2.24, 2.45) is 5.92 Å². The summed E-state index contributed by atoms with van der Waals surface area (Å²) >= 11 is 8.71. The van der Waals surface area contributed by atoms with Crippen LogP contribution < -0.4 is 14.8 Å².